The molecule has 1 aliphatic rings. The van der Waals surface area contributed by atoms with E-state index in [1.807, 2.05) is 37.3 Å². The second-order valence-electron chi connectivity index (χ2n) is 7.78. The summed E-state index contributed by atoms with van der Waals surface area (Å²) in [5, 5.41) is 4.40. The first-order valence-corrected chi connectivity index (χ1v) is 10.7. The number of nitrogens with zero attached hydrogens (tertiary/aromatic N) is 3. The molecule has 0 spiro atoms. The van der Waals surface area contributed by atoms with Crippen LogP contribution in [0.3, 0.4) is 0 Å². The first-order valence-electron chi connectivity index (χ1n) is 10.7. The molecular weight excluding hydrogens is 393 g/mol. The minimum atomic E-state index is -4.15. The van der Waals surface area contributed by atoms with Gasteiger partial charge in [0.2, 0.25) is 0 Å². The smallest absolute Gasteiger partial charge is 0.401 e. The molecule has 166 valence electrons. The average molecular weight is 425 g/mol. The van der Waals surface area contributed by atoms with Gasteiger partial charge in [0.1, 0.15) is 11.3 Å². The Balaban J connectivity index is 1.55. The summed E-state index contributed by atoms with van der Waals surface area (Å²) < 4.78 is 44.0. The Kier molecular flexibility index (Phi) is 7.64. The number of furan rings is 1. The Morgan fingerprint density at radius 1 is 1.30 bits per heavy atom. The molecule has 1 unspecified atom stereocenters. The highest BCUT2D eigenvalue weighted by molar-refractivity contribution is 5.80. The molecule has 0 saturated carbocycles. The zero-order valence-electron chi connectivity index (χ0n) is 17.7. The lowest BCUT2D eigenvalue weighted by molar-refractivity contribution is -0.146. The lowest BCUT2D eigenvalue weighted by Gasteiger charge is -2.26. The predicted octanol–water partition coefficient (Wildman–Crippen LogP) is 4.15. The minimum Gasteiger partial charge on any atom is -0.461 e. The molecule has 2 aromatic rings. The number of para-hydroxylation sites is 1. The summed E-state index contributed by atoms with van der Waals surface area (Å²) in [5.41, 5.74) is 0.880. The van der Waals surface area contributed by atoms with Gasteiger partial charge in [-0.15, -0.1) is 0 Å². The van der Waals surface area contributed by atoms with E-state index in [2.05, 4.69) is 10.2 Å². The second kappa shape index (κ2) is 10.2. The summed E-state index contributed by atoms with van der Waals surface area (Å²) in [5.74, 6) is 1.95. The quantitative estimate of drug-likeness (QED) is 0.511. The molecule has 2 heterocycles. The maximum atomic E-state index is 12.7. The summed E-state index contributed by atoms with van der Waals surface area (Å²) in [6.45, 7) is 6.71. The van der Waals surface area contributed by atoms with Gasteiger partial charge in [-0.1, -0.05) is 25.1 Å². The molecule has 0 aliphatic carbocycles. The number of rotatable bonds is 8. The molecule has 0 amide bonds. The maximum Gasteiger partial charge on any atom is 0.401 e. The van der Waals surface area contributed by atoms with Crippen molar-refractivity contribution in [3.8, 4) is 0 Å². The van der Waals surface area contributed by atoms with Crippen molar-refractivity contribution in [1.29, 1.82) is 0 Å². The average Bonchev–Trinajstić information content (AvgIpc) is 3.32. The van der Waals surface area contributed by atoms with E-state index in [4.69, 9.17) is 9.41 Å². The molecule has 1 aromatic heterocycles. The van der Waals surface area contributed by atoms with E-state index < -0.39 is 12.7 Å². The third-order valence-corrected chi connectivity index (χ3v) is 5.38. The normalized spacial score (nSPS) is 18.0. The summed E-state index contributed by atoms with van der Waals surface area (Å²) in [6, 6.07) is 9.97. The zero-order valence-corrected chi connectivity index (χ0v) is 17.7. The van der Waals surface area contributed by atoms with E-state index in [-0.39, 0.29) is 5.92 Å². The van der Waals surface area contributed by atoms with E-state index in [1.54, 1.807) is 6.92 Å². The Labute approximate surface area is 175 Å². The highest BCUT2D eigenvalue weighted by Crippen LogP contribution is 2.22. The van der Waals surface area contributed by atoms with Gasteiger partial charge in [-0.2, -0.15) is 13.2 Å². The van der Waals surface area contributed by atoms with E-state index >= 15 is 0 Å². The standard InChI is InChI=1S/C22H31F3N4O/c1-3-26-21(27-11-9-19-13-18-7-5-6-8-20(18)30-19)29-12-10-17(15-29)14-28(4-2)16-22(23,24)25/h5-8,13,17H,3-4,9-12,14-16H2,1-2H3,(H,26,27). The van der Waals surface area contributed by atoms with Crippen LogP contribution in [-0.4, -0.2) is 67.7 Å². The molecule has 1 atom stereocenters. The van der Waals surface area contributed by atoms with Crippen LogP contribution in [0.1, 0.15) is 26.0 Å². The van der Waals surface area contributed by atoms with Gasteiger partial charge in [-0.25, -0.2) is 0 Å². The van der Waals surface area contributed by atoms with Crippen LogP contribution in [0.4, 0.5) is 13.2 Å². The number of aliphatic imine (C=N–C) groups is 1. The van der Waals surface area contributed by atoms with Crippen LogP contribution >= 0.6 is 0 Å². The van der Waals surface area contributed by atoms with Crippen LogP contribution in [0.15, 0.2) is 39.7 Å². The van der Waals surface area contributed by atoms with Crippen LogP contribution in [0.25, 0.3) is 11.0 Å². The fraction of sp³-hybridized carbons (Fsp3) is 0.591. The highest BCUT2D eigenvalue weighted by Gasteiger charge is 2.33. The molecule has 3 rings (SSSR count). The molecule has 30 heavy (non-hydrogen) atoms. The molecule has 1 aliphatic heterocycles. The number of guanidine groups is 1. The van der Waals surface area contributed by atoms with Crippen LogP contribution < -0.4 is 5.32 Å². The molecule has 5 nitrogen and oxygen atoms in total. The molecular formula is C22H31F3N4O. The number of nitrogens with one attached hydrogen (secondary N) is 1. The monoisotopic (exact) mass is 424 g/mol. The number of hydrogen-bond donors (Lipinski definition) is 1. The van der Waals surface area contributed by atoms with Crippen molar-refractivity contribution in [3.05, 3.63) is 36.1 Å². The maximum absolute atomic E-state index is 12.7. The molecule has 0 bridgehead atoms. The van der Waals surface area contributed by atoms with Crippen LogP contribution in [-0.2, 0) is 6.42 Å². The van der Waals surface area contributed by atoms with E-state index in [1.165, 1.54) is 4.90 Å². The third kappa shape index (κ3) is 6.39. The van der Waals surface area contributed by atoms with Gasteiger partial charge in [-0.3, -0.25) is 9.89 Å². The lowest BCUT2D eigenvalue weighted by atomic mass is 10.1. The van der Waals surface area contributed by atoms with Crippen molar-refractivity contribution < 1.29 is 17.6 Å². The Bertz CT molecular complexity index is 800. The highest BCUT2D eigenvalue weighted by atomic mass is 19.4. The number of fused-ring (bicyclic) bond motifs is 1. The summed E-state index contributed by atoms with van der Waals surface area (Å²) in [7, 11) is 0. The van der Waals surface area contributed by atoms with E-state index in [0.29, 0.717) is 26.1 Å². The summed E-state index contributed by atoms with van der Waals surface area (Å²) in [4.78, 5) is 8.38. The number of halogens is 3. The van der Waals surface area contributed by atoms with Crippen molar-refractivity contribution >= 4 is 16.9 Å². The fourth-order valence-electron chi connectivity index (χ4n) is 3.96. The Morgan fingerprint density at radius 3 is 2.80 bits per heavy atom. The van der Waals surface area contributed by atoms with Gasteiger partial charge in [0.05, 0.1) is 6.54 Å². The summed E-state index contributed by atoms with van der Waals surface area (Å²) in [6.07, 6.45) is -2.57. The SMILES string of the molecule is CCNC(=NCCc1cc2ccccc2o1)N1CCC(CN(CC)CC(F)(F)F)C1. The van der Waals surface area contributed by atoms with Crippen molar-refractivity contribution in [3.63, 3.8) is 0 Å². The molecule has 1 saturated heterocycles. The van der Waals surface area contributed by atoms with Gasteiger partial charge in [0.25, 0.3) is 0 Å². The fourth-order valence-corrected chi connectivity index (χ4v) is 3.96. The van der Waals surface area contributed by atoms with E-state index in [0.717, 1.165) is 48.7 Å². The molecule has 8 heteroatoms. The van der Waals surface area contributed by atoms with Crippen molar-refractivity contribution in [1.82, 2.24) is 15.1 Å². The Morgan fingerprint density at radius 2 is 2.10 bits per heavy atom. The van der Waals surface area contributed by atoms with E-state index in [9.17, 15) is 13.2 Å². The van der Waals surface area contributed by atoms with Crippen molar-refractivity contribution in [2.24, 2.45) is 10.9 Å². The molecule has 1 fully saturated rings. The van der Waals surface area contributed by atoms with Crippen LogP contribution in [0, 0.1) is 5.92 Å². The van der Waals surface area contributed by atoms with Crippen LogP contribution in [0.5, 0.6) is 0 Å². The largest absolute Gasteiger partial charge is 0.461 e. The van der Waals surface area contributed by atoms with Crippen molar-refractivity contribution in [2.45, 2.75) is 32.9 Å². The van der Waals surface area contributed by atoms with Gasteiger partial charge < -0.3 is 14.6 Å². The predicted molar refractivity (Wildman–Crippen MR) is 114 cm³/mol. The molecule has 1 aromatic carbocycles. The summed E-state index contributed by atoms with van der Waals surface area (Å²) >= 11 is 0. The Hall–Kier alpha value is -2.22. The first-order chi connectivity index (χ1) is 14.4. The molecule has 1 N–H and O–H groups in total. The molecule has 0 radical (unpaired) electrons. The number of hydrogen-bond acceptors (Lipinski definition) is 3. The topological polar surface area (TPSA) is 44.0 Å². The van der Waals surface area contributed by atoms with Crippen LogP contribution in [0.2, 0.25) is 0 Å². The lowest BCUT2D eigenvalue weighted by Crippen LogP contribution is -2.42. The van der Waals surface area contributed by atoms with Gasteiger partial charge >= 0.3 is 6.18 Å². The van der Waals surface area contributed by atoms with Gasteiger partial charge in [0, 0.05) is 44.5 Å². The third-order valence-electron chi connectivity index (χ3n) is 5.38. The number of likely N-dealkylation sites (tertiary alicyclic amines) is 1. The van der Waals surface area contributed by atoms with Gasteiger partial charge in [0.15, 0.2) is 5.96 Å². The number of alkyl halides is 3. The first kappa shape index (κ1) is 22.5. The zero-order chi connectivity index (χ0) is 21.6. The van der Waals surface area contributed by atoms with Crippen molar-refractivity contribution in [2.75, 3.05) is 45.8 Å². The minimum absolute atomic E-state index is 0.214. The number of benzene rings is 1. The second-order valence-corrected chi connectivity index (χ2v) is 7.78. The van der Waals surface area contributed by atoms with Gasteiger partial charge in [-0.05, 0) is 37.9 Å².